The van der Waals surface area contributed by atoms with Crippen LogP contribution in [0.15, 0.2) is 34.7 Å². The van der Waals surface area contributed by atoms with E-state index in [4.69, 9.17) is 4.42 Å². The van der Waals surface area contributed by atoms with E-state index in [1.54, 1.807) is 0 Å². The van der Waals surface area contributed by atoms with Crippen LogP contribution in [0.5, 0.6) is 0 Å². The Balaban J connectivity index is 1.61. The van der Waals surface area contributed by atoms with Gasteiger partial charge in [0.1, 0.15) is 0 Å². The Hall–Kier alpha value is -1.68. The molecule has 1 aliphatic heterocycles. The molecule has 1 saturated heterocycles. The molecule has 4 nitrogen and oxygen atoms in total. The number of aromatic nitrogens is 2. The van der Waals surface area contributed by atoms with Gasteiger partial charge in [-0.2, -0.15) is 0 Å². The summed E-state index contributed by atoms with van der Waals surface area (Å²) in [6.45, 7) is 9.18. The standard InChI is InChI=1S/C17H23N3O/c1-17(2,3)16-19-18-15(21-16)12-20-10-9-14(11-20)13-7-5-4-6-8-13/h4-8,14H,9-12H2,1-3H3/t14-/m1/s1. The van der Waals surface area contributed by atoms with Crippen LogP contribution in [0, 0.1) is 0 Å². The topological polar surface area (TPSA) is 42.2 Å². The van der Waals surface area contributed by atoms with E-state index in [-0.39, 0.29) is 5.41 Å². The minimum Gasteiger partial charge on any atom is -0.423 e. The number of benzene rings is 1. The molecule has 1 aliphatic rings. The van der Waals surface area contributed by atoms with Gasteiger partial charge >= 0.3 is 0 Å². The predicted molar refractivity (Wildman–Crippen MR) is 82.1 cm³/mol. The number of rotatable bonds is 3. The Kier molecular flexibility index (Phi) is 3.81. The first kappa shape index (κ1) is 14.3. The smallest absolute Gasteiger partial charge is 0.230 e. The monoisotopic (exact) mass is 285 g/mol. The molecule has 3 rings (SSSR count). The van der Waals surface area contributed by atoms with Gasteiger partial charge in [-0.1, -0.05) is 51.1 Å². The Morgan fingerprint density at radius 1 is 1.19 bits per heavy atom. The van der Waals surface area contributed by atoms with Crippen molar-refractivity contribution in [2.24, 2.45) is 0 Å². The maximum absolute atomic E-state index is 5.79. The number of nitrogens with zero attached hydrogens (tertiary/aromatic N) is 3. The van der Waals surface area contributed by atoms with Gasteiger partial charge in [-0.3, -0.25) is 4.90 Å². The molecular weight excluding hydrogens is 262 g/mol. The van der Waals surface area contributed by atoms with E-state index in [0.717, 1.165) is 31.4 Å². The highest BCUT2D eigenvalue weighted by Gasteiger charge is 2.26. The normalized spacial score (nSPS) is 20.0. The number of hydrogen-bond acceptors (Lipinski definition) is 4. The summed E-state index contributed by atoms with van der Waals surface area (Å²) in [5, 5.41) is 8.35. The van der Waals surface area contributed by atoms with E-state index < -0.39 is 0 Å². The summed E-state index contributed by atoms with van der Waals surface area (Å²) in [6, 6.07) is 10.7. The van der Waals surface area contributed by atoms with Crippen LogP contribution in [-0.2, 0) is 12.0 Å². The van der Waals surface area contributed by atoms with E-state index in [1.807, 2.05) is 0 Å². The van der Waals surface area contributed by atoms with E-state index in [9.17, 15) is 0 Å². The molecule has 1 atom stereocenters. The zero-order valence-corrected chi connectivity index (χ0v) is 13.0. The third kappa shape index (κ3) is 3.32. The van der Waals surface area contributed by atoms with E-state index in [0.29, 0.717) is 5.92 Å². The molecule has 2 heterocycles. The van der Waals surface area contributed by atoms with Crippen LogP contribution >= 0.6 is 0 Å². The molecule has 0 amide bonds. The maximum atomic E-state index is 5.79. The summed E-state index contributed by atoms with van der Waals surface area (Å²) in [5.74, 6) is 2.07. The van der Waals surface area contributed by atoms with Crippen molar-refractivity contribution in [3.8, 4) is 0 Å². The van der Waals surface area contributed by atoms with Crippen molar-refractivity contribution in [3.63, 3.8) is 0 Å². The first-order valence-corrected chi connectivity index (χ1v) is 7.62. The molecule has 0 radical (unpaired) electrons. The van der Waals surface area contributed by atoms with E-state index in [1.165, 1.54) is 12.0 Å². The minimum absolute atomic E-state index is 0.0805. The second-order valence-corrected chi connectivity index (χ2v) is 6.88. The molecule has 0 unspecified atom stereocenters. The van der Waals surface area contributed by atoms with Crippen LogP contribution in [0.2, 0.25) is 0 Å². The van der Waals surface area contributed by atoms with Gasteiger partial charge in [0, 0.05) is 12.0 Å². The molecule has 2 aromatic rings. The van der Waals surface area contributed by atoms with Crippen LogP contribution < -0.4 is 0 Å². The summed E-state index contributed by atoms with van der Waals surface area (Å²) in [6.07, 6.45) is 1.20. The van der Waals surface area contributed by atoms with Gasteiger partial charge in [-0.25, -0.2) is 0 Å². The molecule has 0 aliphatic carbocycles. The Bertz CT molecular complexity index is 586. The molecule has 1 fully saturated rings. The lowest BCUT2D eigenvalue weighted by Gasteiger charge is -2.14. The second kappa shape index (κ2) is 5.60. The van der Waals surface area contributed by atoms with Crippen molar-refractivity contribution in [2.75, 3.05) is 13.1 Å². The average molecular weight is 285 g/mol. The molecule has 4 heteroatoms. The number of hydrogen-bond donors (Lipinski definition) is 0. The highest BCUT2D eigenvalue weighted by atomic mass is 16.4. The third-order valence-corrected chi connectivity index (χ3v) is 4.01. The van der Waals surface area contributed by atoms with Crippen molar-refractivity contribution in [2.45, 2.75) is 45.1 Å². The second-order valence-electron chi connectivity index (χ2n) is 6.88. The largest absolute Gasteiger partial charge is 0.423 e. The molecule has 1 aromatic carbocycles. The quantitative estimate of drug-likeness (QED) is 0.867. The van der Waals surface area contributed by atoms with Gasteiger partial charge in [0.2, 0.25) is 11.8 Å². The summed E-state index contributed by atoms with van der Waals surface area (Å²) >= 11 is 0. The SMILES string of the molecule is CC(C)(C)c1nnc(CN2CC[C@@H](c3ccccc3)C2)o1. The fraction of sp³-hybridized carbons (Fsp3) is 0.529. The zero-order valence-electron chi connectivity index (χ0n) is 13.0. The summed E-state index contributed by atoms with van der Waals surface area (Å²) < 4.78 is 5.79. The summed E-state index contributed by atoms with van der Waals surface area (Å²) in [5.41, 5.74) is 1.35. The van der Waals surface area contributed by atoms with Crippen molar-refractivity contribution >= 4 is 0 Å². The van der Waals surface area contributed by atoms with Crippen LogP contribution in [0.1, 0.15) is 50.5 Å². The van der Waals surface area contributed by atoms with Crippen LogP contribution in [-0.4, -0.2) is 28.2 Å². The molecule has 0 saturated carbocycles. The molecule has 1 aromatic heterocycles. The van der Waals surface area contributed by atoms with E-state index >= 15 is 0 Å². The maximum Gasteiger partial charge on any atom is 0.230 e. The molecule has 21 heavy (non-hydrogen) atoms. The zero-order chi connectivity index (χ0) is 14.9. The van der Waals surface area contributed by atoms with Crippen LogP contribution in [0.4, 0.5) is 0 Å². The number of likely N-dealkylation sites (tertiary alicyclic amines) is 1. The molecule has 112 valence electrons. The fourth-order valence-corrected chi connectivity index (χ4v) is 2.79. The highest BCUT2D eigenvalue weighted by molar-refractivity contribution is 5.21. The Labute approximate surface area is 126 Å². The predicted octanol–water partition coefficient (Wildman–Crippen LogP) is 3.36. The van der Waals surface area contributed by atoms with Gasteiger partial charge < -0.3 is 4.42 Å². The van der Waals surface area contributed by atoms with Gasteiger partial charge in [0.15, 0.2) is 0 Å². The first-order chi connectivity index (χ1) is 10.0. The van der Waals surface area contributed by atoms with Gasteiger partial charge in [-0.05, 0) is 24.4 Å². The molecular formula is C17H23N3O. The lowest BCUT2D eigenvalue weighted by Crippen LogP contribution is -2.20. The Morgan fingerprint density at radius 2 is 1.95 bits per heavy atom. The summed E-state index contributed by atoms with van der Waals surface area (Å²) in [4.78, 5) is 2.40. The minimum atomic E-state index is -0.0805. The van der Waals surface area contributed by atoms with Crippen LogP contribution in [0.3, 0.4) is 0 Å². The van der Waals surface area contributed by atoms with Crippen molar-refractivity contribution < 1.29 is 4.42 Å². The lowest BCUT2D eigenvalue weighted by molar-refractivity contribution is 0.274. The highest BCUT2D eigenvalue weighted by Crippen LogP contribution is 2.28. The first-order valence-electron chi connectivity index (χ1n) is 7.62. The van der Waals surface area contributed by atoms with E-state index in [2.05, 4.69) is 66.2 Å². The van der Waals surface area contributed by atoms with Gasteiger partial charge in [0.05, 0.1) is 6.54 Å². The van der Waals surface area contributed by atoms with Crippen molar-refractivity contribution in [1.29, 1.82) is 0 Å². The fourth-order valence-electron chi connectivity index (χ4n) is 2.79. The average Bonchev–Trinajstić information content (AvgIpc) is 3.09. The van der Waals surface area contributed by atoms with Crippen molar-refractivity contribution in [3.05, 3.63) is 47.7 Å². The third-order valence-electron chi connectivity index (χ3n) is 4.01. The van der Waals surface area contributed by atoms with Crippen molar-refractivity contribution in [1.82, 2.24) is 15.1 Å². The van der Waals surface area contributed by atoms with Gasteiger partial charge in [0.25, 0.3) is 0 Å². The summed E-state index contributed by atoms with van der Waals surface area (Å²) in [7, 11) is 0. The molecule has 0 spiro atoms. The molecule has 0 bridgehead atoms. The molecule has 0 N–H and O–H groups in total. The van der Waals surface area contributed by atoms with Crippen LogP contribution in [0.25, 0.3) is 0 Å². The lowest BCUT2D eigenvalue weighted by atomic mass is 9.97. The van der Waals surface area contributed by atoms with Gasteiger partial charge in [-0.15, -0.1) is 10.2 Å². The Morgan fingerprint density at radius 3 is 2.62 bits per heavy atom.